The first-order chi connectivity index (χ1) is 7.09. The molecule has 0 atom stereocenters. The Bertz CT molecular complexity index is 406. The van der Waals surface area contributed by atoms with Gasteiger partial charge in [0.25, 0.3) is 0 Å². The van der Waals surface area contributed by atoms with Crippen molar-refractivity contribution in [1.29, 1.82) is 0 Å². The van der Waals surface area contributed by atoms with Crippen LogP contribution in [0.4, 0.5) is 10.5 Å². The number of benzene rings is 1. The Hall–Kier alpha value is -1.22. The Labute approximate surface area is 94.2 Å². The fraction of sp³-hybridized carbons (Fsp3) is 0.364. The monoisotopic (exact) mass is 224 g/mol. The molecule has 0 radical (unpaired) electrons. The molecule has 0 bridgehead atoms. The lowest BCUT2D eigenvalue weighted by Crippen LogP contribution is -2.29. The van der Waals surface area contributed by atoms with Crippen LogP contribution in [0.3, 0.4) is 0 Å². The Morgan fingerprint density at radius 2 is 2.07 bits per heavy atom. The molecule has 0 unspecified atom stereocenters. The van der Waals surface area contributed by atoms with Gasteiger partial charge in [-0.1, -0.05) is 17.7 Å². The van der Waals surface area contributed by atoms with Gasteiger partial charge in [0.05, 0.1) is 0 Å². The van der Waals surface area contributed by atoms with Gasteiger partial charge in [0, 0.05) is 30.8 Å². The van der Waals surface area contributed by atoms with Crippen LogP contribution in [-0.4, -0.2) is 31.1 Å². The van der Waals surface area contributed by atoms with E-state index in [-0.39, 0.29) is 6.03 Å². The van der Waals surface area contributed by atoms with Crippen molar-refractivity contribution >= 4 is 23.3 Å². The highest BCUT2D eigenvalue weighted by atomic mass is 35.5. The minimum Gasteiger partial charge on any atom is -0.326 e. The number of carbonyl (C=O) groups excluding carboxylic acids is 1. The number of hydrogen-bond donors (Lipinski definition) is 0. The summed E-state index contributed by atoms with van der Waals surface area (Å²) in [5.41, 5.74) is 1.90. The molecular weight excluding hydrogens is 212 g/mol. The highest BCUT2D eigenvalue weighted by Gasteiger charge is 2.26. The standard InChI is InChI=1S/C11H13ClN2O/c1-8-3-4-9(7-10(8)12)14-6-5-13(2)11(14)15/h3-4,7H,5-6H2,1-2H3. The molecular formula is C11H13ClN2O. The number of hydrogen-bond acceptors (Lipinski definition) is 1. The summed E-state index contributed by atoms with van der Waals surface area (Å²) in [6.07, 6.45) is 0. The smallest absolute Gasteiger partial charge is 0.324 e. The van der Waals surface area contributed by atoms with Crippen molar-refractivity contribution in [2.45, 2.75) is 6.92 Å². The van der Waals surface area contributed by atoms with Crippen molar-refractivity contribution in [3.8, 4) is 0 Å². The lowest BCUT2D eigenvalue weighted by atomic mass is 10.2. The fourth-order valence-corrected chi connectivity index (χ4v) is 1.81. The third kappa shape index (κ3) is 1.79. The molecule has 2 rings (SSSR count). The number of amides is 2. The first-order valence-electron chi connectivity index (χ1n) is 4.88. The van der Waals surface area contributed by atoms with E-state index in [9.17, 15) is 4.79 Å². The lowest BCUT2D eigenvalue weighted by Gasteiger charge is -2.16. The third-order valence-corrected chi connectivity index (χ3v) is 3.09. The molecule has 1 aliphatic heterocycles. The van der Waals surface area contributed by atoms with E-state index in [1.165, 1.54) is 0 Å². The molecule has 0 aromatic heterocycles. The lowest BCUT2D eigenvalue weighted by molar-refractivity contribution is 0.229. The van der Waals surface area contributed by atoms with Gasteiger partial charge < -0.3 is 4.90 Å². The molecule has 1 aromatic carbocycles. The number of rotatable bonds is 1. The summed E-state index contributed by atoms with van der Waals surface area (Å²) in [5, 5.41) is 0.704. The second-order valence-corrected chi connectivity index (χ2v) is 4.20. The summed E-state index contributed by atoms with van der Waals surface area (Å²) >= 11 is 6.02. The molecule has 80 valence electrons. The van der Waals surface area contributed by atoms with Crippen molar-refractivity contribution in [3.63, 3.8) is 0 Å². The van der Waals surface area contributed by atoms with Crippen molar-refractivity contribution in [2.75, 3.05) is 25.0 Å². The Balaban J connectivity index is 2.31. The van der Waals surface area contributed by atoms with Gasteiger partial charge in [-0.15, -0.1) is 0 Å². The number of aryl methyl sites for hydroxylation is 1. The Kier molecular flexibility index (Phi) is 2.57. The molecule has 4 heteroatoms. The fourth-order valence-electron chi connectivity index (χ4n) is 1.64. The number of nitrogens with zero attached hydrogens (tertiary/aromatic N) is 2. The van der Waals surface area contributed by atoms with E-state index in [1.54, 1.807) is 16.8 Å². The molecule has 0 saturated carbocycles. The molecule has 0 N–H and O–H groups in total. The number of anilines is 1. The van der Waals surface area contributed by atoms with E-state index in [0.717, 1.165) is 24.3 Å². The van der Waals surface area contributed by atoms with Gasteiger partial charge in [-0.2, -0.15) is 0 Å². The molecule has 2 amide bonds. The SMILES string of the molecule is Cc1ccc(N2CCN(C)C2=O)cc1Cl. The average Bonchev–Trinajstić information content (AvgIpc) is 2.53. The number of urea groups is 1. The Morgan fingerprint density at radius 1 is 1.33 bits per heavy atom. The quantitative estimate of drug-likeness (QED) is 0.719. The van der Waals surface area contributed by atoms with Crippen molar-refractivity contribution < 1.29 is 4.79 Å². The summed E-state index contributed by atoms with van der Waals surface area (Å²) in [6, 6.07) is 5.74. The zero-order chi connectivity index (χ0) is 11.0. The summed E-state index contributed by atoms with van der Waals surface area (Å²) in [5.74, 6) is 0. The van der Waals surface area contributed by atoms with E-state index in [2.05, 4.69) is 0 Å². The zero-order valence-electron chi connectivity index (χ0n) is 8.83. The highest BCUT2D eigenvalue weighted by Crippen LogP contribution is 2.25. The second-order valence-electron chi connectivity index (χ2n) is 3.79. The molecule has 15 heavy (non-hydrogen) atoms. The zero-order valence-corrected chi connectivity index (χ0v) is 9.58. The van der Waals surface area contributed by atoms with Gasteiger partial charge in [-0.3, -0.25) is 4.90 Å². The van der Waals surface area contributed by atoms with Crippen LogP contribution >= 0.6 is 11.6 Å². The number of carbonyl (C=O) groups is 1. The van der Waals surface area contributed by atoms with Gasteiger partial charge in [-0.05, 0) is 24.6 Å². The molecule has 1 fully saturated rings. The first-order valence-corrected chi connectivity index (χ1v) is 5.26. The van der Waals surface area contributed by atoms with Crippen LogP contribution in [0.25, 0.3) is 0 Å². The van der Waals surface area contributed by atoms with Crippen LogP contribution in [0, 0.1) is 6.92 Å². The van der Waals surface area contributed by atoms with Gasteiger partial charge in [-0.25, -0.2) is 4.79 Å². The van der Waals surface area contributed by atoms with Crippen LogP contribution in [0.5, 0.6) is 0 Å². The number of likely N-dealkylation sites (N-methyl/N-ethyl adjacent to an activating group) is 1. The summed E-state index contributed by atoms with van der Waals surface area (Å²) < 4.78 is 0. The normalized spacial score (nSPS) is 16.3. The topological polar surface area (TPSA) is 23.6 Å². The maximum Gasteiger partial charge on any atom is 0.324 e. The van der Waals surface area contributed by atoms with Crippen LogP contribution < -0.4 is 4.90 Å². The minimum absolute atomic E-state index is 0.0370. The van der Waals surface area contributed by atoms with Crippen LogP contribution in [0.1, 0.15) is 5.56 Å². The van der Waals surface area contributed by atoms with Gasteiger partial charge in [0.15, 0.2) is 0 Å². The summed E-state index contributed by atoms with van der Waals surface area (Å²) in [6.45, 7) is 3.45. The van der Waals surface area contributed by atoms with Gasteiger partial charge in [0.2, 0.25) is 0 Å². The van der Waals surface area contributed by atoms with Crippen molar-refractivity contribution in [3.05, 3.63) is 28.8 Å². The molecule has 1 heterocycles. The van der Waals surface area contributed by atoms with E-state index in [0.29, 0.717) is 5.02 Å². The van der Waals surface area contributed by atoms with E-state index < -0.39 is 0 Å². The maximum absolute atomic E-state index is 11.7. The van der Waals surface area contributed by atoms with Crippen molar-refractivity contribution in [2.24, 2.45) is 0 Å². The predicted octanol–water partition coefficient (Wildman–Crippen LogP) is 2.52. The first kappa shape index (κ1) is 10.3. The van der Waals surface area contributed by atoms with Crippen molar-refractivity contribution in [1.82, 2.24) is 4.90 Å². The minimum atomic E-state index is 0.0370. The highest BCUT2D eigenvalue weighted by molar-refractivity contribution is 6.31. The van der Waals surface area contributed by atoms with Gasteiger partial charge in [0.1, 0.15) is 0 Å². The van der Waals surface area contributed by atoms with Gasteiger partial charge >= 0.3 is 6.03 Å². The van der Waals surface area contributed by atoms with Crippen LogP contribution in [-0.2, 0) is 0 Å². The predicted molar refractivity (Wildman–Crippen MR) is 61.6 cm³/mol. The van der Waals surface area contributed by atoms with Crippen LogP contribution in [0.15, 0.2) is 18.2 Å². The molecule has 0 spiro atoms. The van der Waals surface area contributed by atoms with E-state index >= 15 is 0 Å². The third-order valence-electron chi connectivity index (χ3n) is 2.68. The maximum atomic E-state index is 11.7. The van der Waals surface area contributed by atoms with E-state index in [4.69, 9.17) is 11.6 Å². The molecule has 3 nitrogen and oxygen atoms in total. The number of halogens is 1. The van der Waals surface area contributed by atoms with Crippen LogP contribution in [0.2, 0.25) is 5.02 Å². The summed E-state index contributed by atoms with van der Waals surface area (Å²) in [4.78, 5) is 15.2. The van der Waals surface area contributed by atoms with E-state index in [1.807, 2.05) is 25.1 Å². The summed E-state index contributed by atoms with van der Waals surface area (Å²) in [7, 11) is 1.80. The average molecular weight is 225 g/mol. The molecule has 1 aliphatic rings. The molecule has 1 aromatic rings. The second kappa shape index (κ2) is 3.74. The molecule has 1 saturated heterocycles. The Morgan fingerprint density at radius 3 is 2.60 bits per heavy atom. The largest absolute Gasteiger partial charge is 0.326 e. The molecule has 0 aliphatic carbocycles.